The van der Waals surface area contributed by atoms with E-state index in [2.05, 4.69) is 59.1 Å². The minimum Gasteiger partial charge on any atom is -0.312 e. The third kappa shape index (κ3) is 5.90. The molecule has 0 saturated carbocycles. The van der Waals surface area contributed by atoms with Crippen LogP contribution < -0.4 is 5.32 Å². The zero-order valence-electron chi connectivity index (χ0n) is 13.3. The molecule has 1 heterocycles. The molecule has 21 heavy (non-hydrogen) atoms. The molecule has 2 nitrogen and oxygen atoms in total. The summed E-state index contributed by atoms with van der Waals surface area (Å²) in [6.45, 7) is 11.1. The Labute approximate surface area is 142 Å². The van der Waals surface area contributed by atoms with Crippen molar-refractivity contribution in [3.8, 4) is 0 Å². The van der Waals surface area contributed by atoms with E-state index in [4.69, 9.17) is 11.6 Å². The van der Waals surface area contributed by atoms with E-state index in [9.17, 15) is 0 Å². The number of hydrogen-bond acceptors (Lipinski definition) is 2. The SMILES string of the molecule is CC(C)(C)NCC1CCCN(Cc2ccc(Br)cc2Cl)C1. The minimum absolute atomic E-state index is 0.206. The molecule has 118 valence electrons. The van der Waals surface area contributed by atoms with E-state index in [0.717, 1.165) is 35.0 Å². The third-order valence-electron chi connectivity index (χ3n) is 3.93. The molecule has 0 bridgehead atoms. The van der Waals surface area contributed by atoms with Crippen molar-refractivity contribution in [2.75, 3.05) is 19.6 Å². The van der Waals surface area contributed by atoms with Crippen molar-refractivity contribution in [3.05, 3.63) is 33.3 Å². The Kier molecular flexibility index (Phi) is 6.13. The van der Waals surface area contributed by atoms with Crippen molar-refractivity contribution in [2.45, 2.75) is 45.7 Å². The second-order valence-electron chi connectivity index (χ2n) is 7.11. The first kappa shape index (κ1) is 17.3. The Morgan fingerprint density at radius 1 is 1.38 bits per heavy atom. The number of halogens is 2. The second kappa shape index (κ2) is 7.45. The molecule has 1 N–H and O–H groups in total. The van der Waals surface area contributed by atoms with Gasteiger partial charge >= 0.3 is 0 Å². The summed E-state index contributed by atoms with van der Waals surface area (Å²) in [6.07, 6.45) is 2.61. The van der Waals surface area contributed by atoms with Gasteiger partial charge in [-0.1, -0.05) is 33.6 Å². The molecule has 0 spiro atoms. The van der Waals surface area contributed by atoms with Crippen molar-refractivity contribution < 1.29 is 0 Å². The molecule has 0 amide bonds. The lowest BCUT2D eigenvalue weighted by atomic mass is 9.96. The molecular formula is C17H26BrClN2. The zero-order valence-corrected chi connectivity index (χ0v) is 15.6. The average Bonchev–Trinajstić information content (AvgIpc) is 2.39. The number of likely N-dealkylation sites (tertiary alicyclic amines) is 1. The van der Waals surface area contributed by atoms with Crippen molar-refractivity contribution >= 4 is 27.5 Å². The summed E-state index contributed by atoms with van der Waals surface area (Å²) in [7, 11) is 0. The number of hydrogen-bond donors (Lipinski definition) is 1. The van der Waals surface area contributed by atoms with E-state index in [1.165, 1.54) is 24.9 Å². The predicted molar refractivity (Wildman–Crippen MR) is 94.9 cm³/mol. The summed E-state index contributed by atoms with van der Waals surface area (Å²) in [5, 5.41) is 4.50. The number of benzene rings is 1. The van der Waals surface area contributed by atoms with Gasteiger partial charge in [-0.15, -0.1) is 0 Å². The fourth-order valence-electron chi connectivity index (χ4n) is 2.80. The van der Waals surface area contributed by atoms with Crippen LogP contribution in [0.2, 0.25) is 5.02 Å². The monoisotopic (exact) mass is 372 g/mol. The summed E-state index contributed by atoms with van der Waals surface area (Å²) in [5.41, 5.74) is 1.43. The Morgan fingerprint density at radius 3 is 2.81 bits per heavy atom. The van der Waals surface area contributed by atoms with E-state index in [0.29, 0.717) is 0 Å². The number of piperidine rings is 1. The third-order valence-corrected chi connectivity index (χ3v) is 4.78. The van der Waals surface area contributed by atoms with Gasteiger partial charge in [0.25, 0.3) is 0 Å². The number of nitrogens with one attached hydrogen (secondary N) is 1. The van der Waals surface area contributed by atoms with Crippen LogP contribution in [0.15, 0.2) is 22.7 Å². The number of nitrogens with zero attached hydrogens (tertiary/aromatic N) is 1. The first-order chi connectivity index (χ1) is 9.83. The van der Waals surface area contributed by atoms with Crippen molar-refractivity contribution in [1.29, 1.82) is 0 Å². The highest BCUT2D eigenvalue weighted by Crippen LogP contribution is 2.25. The van der Waals surface area contributed by atoms with Crippen molar-refractivity contribution in [2.24, 2.45) is 5.92 Å². The fraction of sp³-hybridized carbons (Fsp3) is 0.647. The standard InChI is InChI=1S/C17H26BrClN2/c1-17(2,3)20-10-13-5-4-8-21(11-13)12-14-6-7-15(18)9-16(14)19/h6-7,9,13,20H,4-5,8,10-12H2,1-3H3. The molecule has 1 aliphatic rings. The first-order valence-corrected chi connectivity index (χ1v) is 8.92. The molecule has 0 aliphatic carbocycles. The molecule has 2 rings (SSSR count). The smallest absolute Gasteiger partial charge is 0.0462 e. The minimum atomic E-state index is 0.206. The molecular weight excluding hydrogens is 348 g/mol. The Hall–Kier alpha value is -0.0900. The summed E-state index contributed by atoms with van der Waals surface area (Å²) in [5.74, 6) is 0.743. The fourth-order valence-corrected chi connectivity index (χ4v) is 3.54. The molecule has 4 heteroatoms. The van der Waals surface area contributed by atoms with Gasteiger partial charge in [0.15, 0.2) is 0 Å². The Bertz CT molecular complexity index is 470. The molecule has 0 radical (unpaired) electrons. The van der Waals surface area contributed by atoms with Crippen LogP contribution in [0.1, 0.15) is 39.2 Å². The van der Waals surface area contributed by atoms with Gasteiger partial charge in [-0.3, -0.25) is 4.90 Å². The highest BCUT2D eigenvalue weighted by molar-refractivity contribution is 9.10. The van der Waals surface area contributed by atoms with Gasteiger partial charge < -0.3 is 5.32 Å². The van der Waals surface area contributed by atoms with Gasteiger partial charge in [0, 0.05) is 28.1 Å². The lowest BCUT2D eigenvalue weighted by molar-refractivity contribution is 0.160. The average molecular weight is 374 g/mol. The maximum Gasteiger partial charge on any atom is 0.0462 e. The summed E-state index contributed by atoms with van der Waals surface area (Å²) in [4.78, 5) is 2.54. The maximum absolute atomic E-state index is 6.34. The second-order valence-corrected chi connectivity index (χ2v) is 8.43. The van der Waals surface area contributed by atoms with Crippen LogP contribution in [0.4, 0.5) is 0 Å². The molecule has 1 aliphatic heterocycles. The largest absolute Gasteiger partial charge is 0.312 e. The van der Waals surface area contributed by atoms with E-state index in [1.54, 1.807) is 0 Å². The highest BCUT2D eigenvalue weighted by Gasteiger charge is 2.22. The molecule has 1 aromatic carbocycles. The summed E-state index contributed by atoms with van der Waals surface area (Å²) >= 11 is 9.80. The van der Waals surface area contributed by atoms with Crippen molar-refractivity contribution in [1.82, 2.24) is 10.2 Å². The predicted octanol–water partition coefficient (Wildman–Crippen LogP) is 4.70. The molecule has 1 unspecified atom stereocenters. The van der Waals surface area contributed by atoms with Crippen LogP contribution in [0.25, 0.3) is 0 Å². The van der Waals surface area contributed by atoms with E-state index in [1.807, 2.05) is 6.07 Å². The van der Waals surface area contributed by atoms with E-state index >= 15 is 0 Å². The van der Waals surface area contributed by atoms with Crippen LogP contribution in [-0.2, 0) is 6.54 Å². The number of rotatable bonds is 4. The van der Waals surface area contributed by atoms with Crippen LogP contribution in [0.5, 0.6) is 0 Å². The van der Waals surface area contributed by atoms with Crippen molar-refractivity contribution in [3.63, 3.8) is 0 Å². The van der Waals surface area contributed by atoms with Gasteiger partial charge in [-0.25, -0.2) is 0 Å². The molecule has 1 atom stereocenters. The Balaban J connectivity index is 1.89. The quantitative estimate of drug-likeness (QED) is 0.822. The molecule has 1 aromatic rings. The van der Waals surface area contributed by atoms with Gasteiger partial charge in [0.1, 0.15) is 0 Å². The maximum atomic E-state index is 6.34. The lowest BCUT2D eigenvalue weighted by Gasteiger charge is -2.34. The van der Waals surface area contributed by atoms with Crippen LogP contribution >= 0.6 is 27.5 Å². The normalized spacial score (nSPS) is 20.7. The lowest BCUT2D eigenvalue weighted by Crippen LogP contribution is -2.44. The van der Waals surface area contributed by atoms with E-state index in [-0.39, 0.29) is 5.54 Å². The van der Waals surface area contributed by atoms with Crippen LogP contribution in [0.3, 0.4) is 0 Å². The highest BCUT2D eigenvalue weighted by atomic mass is 79.9. The van der Waals surface area contributed by atoms with Crippen LogP contribution in [-0.4, -0.2) is 30.1 Å². The molecule has 1 saturated heterocycles. The van der Waals surface area contributed by atoms with Gasteiger partial charge in [0.05, 0.1) is 0 Å². The first-order valence-electron chi connectivity index (χ1n) is 7.75. The van der Waals surface area contributed by atoms with Crippen LogP contribution in [0, 0.1) is 5.92 Å². The summed E-state index contributed by atoms with van der Waals surface area (Å²) in [6, 6.07) is 6.19. The topological polar surface area (TPSA) is 15.3 Å². The molecule has 1 fully saturated rings. The Morgan fingerprint density at radius 2 is 2.14 bits per heavy atom. The van der Waals surface area contributed by atoms with Gasteiger partial charge in [-0.05, 0) is 70.3 Å². The van der Waals surface area contributed by atoms with Gasteiger partial charge in [0.2, 0.25) is 0 Å². The van der Waals surface area contributed by atoms with E-state index < -0.39 is 0 Å². The zero-order chi connectivity index (χ0) is 15.5. The molecule has 0 aromatic heterocycles. The summed E-state index contributed by atoms with van der Waals surface area (Å²) < 4.78 is 1.04. The van der Waals surface area contributed by atoms with Gasteiger partial charge in [-0.2, -0.15) is 0 Å².